The molecule has 0 aromatic rings. The highest BCUT2D eigenvalue weighted by Gasteiger charge is 2.32. The lowest BCUT2D eigenvalue weighted by Gasteiger charge is -2.27. The number of rotatable bonds is 16. The van der Waals surface area contributed by atoms with E-state index in [1.54, 1.807) is 13.8 Å². The molecule has 0 aromatic carbocycles. The van der Waals surface area contributed by atoms with Gasteiger partial charge in [0, 0.05) is 6.42 Å². The van der Waals surface area contributed by atoms with E-state index >= 15 is 0 Å². The smallest absolute Gasteiger partial charge is 0.326 e. The van der Waals surface area contributed by atoms with E-state index < -0.39 is 66.3 Å². The van der Waals surface area contributed by atoms with Crippen LogP contribution in [-0.2, 0) is 24.0 Å². The summed E-state index contributed by atoms with van der Waals surface area (Å²) in [4.78, 5) is 59.8. The molecule has 9 N–H and O–H groups in total. The highest BCUT2D eigenvalue weighted by Crippen LogP contribution is 2.10. The number of aliphatic hydroxyl groups is 1. The first kappa shape index (κ1) is 29.6. The number of carboxylic acids is 1. The van der Waals surface area contributed by atoms with Gasteiger partial charge in [0.15, 0.2) is 0 Å². The number of amides is 4. The molecule has 5 atom stereocenters. The summed E-state index contributed by atoms with van der Waals surface area (Å²) >= 11 is 1.51. The molecule has 0 saturated heterocycles. The number of carbonyl (C=O) groups is 5. The molecule has 13 heteroatoms. The fourth-order valence-corrected chi connectivity index (χ4v) is 3.10. The summed E-state index contributed by atoms with van der Waals surface area (Å²) < 4.78 is 0. The van der Waals surface area contributed by atoms with Gasteiger partial charge < -0.3 is 37.6 Å². The Bertz CT molecular complexity index is 664. The normalized spacial score (nSPS) is 15.5. The highest BCUT2D eigenvalue weighted by molar-refractivity contribution is 7.98. The summed E-state index contributed by atoms with van der Waals surface area (Å²) in [6.07, 6.45) is 2.25. The van der Waals surface area contributed by atoms with Crippen molar-refractivity contribution >= 4 is 41.4 Å². The number of nitrogens with one attached hydrogen (secondary N) is 3. The van der Waals surface area contributed by atoms with Gasteiger partial charge in [-0.2, -0.15) is 11.8 Å². The molecular weight excluding hydrogens is 442 g/mol. The van der Waals surface area contributed by atoms with Gasteiger partial charge in [0.2, 0.25) is 23.6 Å². The lowest BCUT2D eigenvalue weighted by Crippen LogP contribution is -2.59. The molecule has 0 aliphatic rings. The number of carboxylic acid groups (broad SMARTS) is 1. The van der Waals surface area contributed by atoms with Crippen molar-refractivity contribution in [3.8, 4) is 0 Å². The molecule has 0 rings (SSSR count). The SMILES string of the molecule is CCC(C)C(NC(=O)C(CO)NC(=O)C(N)CCSC)C(=O)NC(CCC(N)=O)C(=O)O. The van der Waals surface area contributed by atoms with Crippen LogP contribution in [0.2, 0.25) is 0 Å². The van der Waals surface area contributed by atoms with Crippen molar-refractivity contribution < 1.29 is 34.2 Å². The van der Waals surface area contributed by atoms with Crippen LogP contribution in [0.3, 0.4) is 0 Å². The molecular formula is C19H35N5O7S. The molecule has 0 aliphatic carbocycles. The van der Waals surface area contributed by atoms with E-state index in [1.807, 2.05) is 6.26 Å². The second kappa shape index (κ2) is 15.4. The molecule has 32 heavy (non-hydrogen) atoms. The van der Waals surface area contributed by atoms with Crippen LogP contribution in [0.1, 0.15) is 39.5 Å². The lowest BCUT2D eigenvalue weighted by molar-refractivity contribution is -0.143. The zero-order chi connectivity index (χ0) is 24.8. The molecule has 0 radical (unpaired) electrons. The van der Waals surface area contributed by atoms with Gasteiger partial charge in [0.1, 0.15) is 18.1 Å². The average molecular weight is 478 g/mol. The van der Waals surface area contributed by atoms with Gasteiger partial charge >= 0.3 is 5.97 Å². The molecule has 12 nitrogen and oxygen atoms in total. The molecule has 0 saturated carbocycles. The molecule has 0 aromatic heterocycles. The summed E-state index contributed by atoms with van der Waals surface area (Å²) in [7, 11) is 0. The maximum absolute atomic E-state index is 12.7. The Labute approximate surface area is 191 Å². The maximum Gasteiger partial charge on any atom is 0.326 e. The minimum atomic E-state index is -1.37. The fourth-order valence-electron chi connectivity index (χ4n) is 2.61. The van der Waals surface area contributed by atoms with Crippen molar-refractivity contribution in [2.45, 2.75) is 63.7 Å². The van der Waals surface area contributed by atoms with Crippen LogP contribution >= 0.6 is 11.8 Å². The number of thioether (sulfide) groups is 1. The molecule has 0 spiro atoms. The number of primary amides is 1. The van der Waals surface area contributed by atoms with E-state index in [0.717, 1.165) is 0 Å². The summed E-state index contributed by atoms with van der Waals surface area (Å²) in [6.45, 7) is 2.72. The van der Waals surface area contributed by atoms with E-state index in [2.05, 4.69) is 16.0 Å². The average Bonchev–Trinajstić information content (AvgIpc) is 2.75. The van der Waals surface area contributed by atoms with Crippen molar-refractivity contribution in [1.82, 2.24) is 16.0 Å². The van der Waals surface area contributed by atoms with Crippen LogP contribution in [0.15, 0.2) is 0 Å². The monoisotopic (exact) mass is 477 g/mol. The molecule has 0 aliphatic heterocycles. The van der Waals surface area contributed by atoms with Crippen molar-refractivity contribution in [3.05, 3.63) is 0 Å². The van der Waals surface area contributed by atoms with Crippen molar-refractivity contribution in [1.29, 1.82) is 0 Å². The van der Waals surface area contributed by atoms with Crippen LogP contribution in [0, 0.1) is 5.92 Å². The second-order valence-corrected chi connectivity index (χ2v) is 8.39. The zero-order valence-electron chi connectivity index (χ0n) is 18.6. The summed E-state index contributed by atoms with van der Waals surface area (Å²) in [6, 6.07) is -4.72. The minimum absolute atomic E-state index is 0.208. The first-order chi connectivity index (χ1) is 15.0. The molecule has 4 amide bonds. The predicted molar refractivity (Wildman–Crippen MR) is 119 cm³/mol. The standard InChI is InChI=1S/C19H35N5O7S/c1-4-10(2)15(18(29)22-12(19(30)31)5-6-14(21)26)24-17(28)13(9-25)23-16(27)11(20)7-8-32-3/h10-13,15,25H,4-9,20H2,1-3H3,(H2,21,26)(H,22,29)(H,23,27)(H,24,28)(H,30,31). The lowest BCUT2D eigenvalue weighted by atomic mass is 9.97. The third kappa shape index (κ3) is 10.8. The van der Waals surface area contributed by atoms with E-state index in [0.29, 0.717) is 18.6 Å². The van der Waals surface area contributed by atoms with Crippen molar-refractivity contribution in [3.63, 3.8) is 0 Å². The Morgan fingerprint density at radius 2 is 1.56 bits per heavy atom. The number of nitrogens with two attached hydrogens (primary N) is 2. The van der Waals surface area contributed by atoms with Gasteiger partial charge in [-0.1, -0.05) is 20.3 Å². The number of carbonyl (C=O) groups excluding carboxylic acids is 4. The second-order valence-electron chi connectivity index (χ2n) is 7.41. The Morgan fingerprint density at radius 1 is 0.969 bits per heavy atom. The van der Waals surface area contributed by atoms with Crippen LogP contribution in [0.25, 0.3) is 0 Å². The van der Waals surface area contributed by atoms with Crippen molar-refractivity contribution in [2.24, 2.45) is 17.4 Å². The number of hydrogen-bond acceptors (Lipinski definition) is 8. The van der Waals surface area contributed by atoms with Gasteiger partial charge in [-0.3, -0.25) is 19.2 Å². The Kier molecular flexibility index (Phi) is 14.3. The minimum Gasteiger partial charge on any atom is -0.480 e. The number of aliphatic carboxylic acids is 1. The summed E-state index contributed by atoms with van der Waals surface area (Å²) in [5, 5.41) is 25.9. The highest BCUT2D eigenvalue weighted by atomic mass is 32.2. The van der Waals surface area contributed by atoms with Crippen LogP contribution in [0.4, 0.5) is 0 Å². The summed E-state index contributed by atoms with van der Waals surface area (Å²) in [5.41, 5.74) is 10.8. The van der Waals surface area contributed by atoms with Gasteiger partial charge in [-0.05, 0) is 30.8 Å². The molecule has 5 unspecified atom stereocenters. The predicted octanol–water partition coefficient (Wildman–Crippen LogP) is -2.09. The Morgan fingerprint density at radius 3 is 2.03 bits per heavy atom. The van der Waals surface area contributed by atoms with Gasteiger partial charge in [-0.25, -0.2) is 4.79 Å². The van der Waals surface area contributed by atoms with E-state index in [9.17, 15) is 34.2 Å². The largest absolute Gasteiger partial charge is 0.480 e. The molecule has 0 bridgehead atoms. The quantitative estimate of drug-likeness (QED) is 0.129. The third-order valence-electron chi connectivity index (χ3n) is 4.87. The zero-order valence-corrected chi connectivity index (χ0v) is 19.4. The molecule has 184 valence electrons. The van der Waals surface area contributed by atoms with Crippen molar-refractivity contribution in [2.75, 3.05) is 18.6 Å². The Hall–Kier alpha value is -2.38. The van der Waals surface area contributed by atoms with Gasteiger partial charge in [0.05, 0.1) is 12.6 Å². The van der Waals surface area contributed by atoms with E-state index in [4.69, 9.17) is 11.5 Å². The molecule has 0 heterocycles. The summed E-state index contributed by atoms with van der Waals surface area (Å²) in [5.74, 6) is -4.03. The van der Waals surface area contributed by atoms with Crippen LogP contribution in [0.5, 0.6) is 0 Å². The third-order valence-corrected chi connectivity index (χ3v) is 5.52. The van der Waals surface area contributed by atoms with Crippen LogP contribution < -0.4 is 27.4 Å². The fraction of sp³-hybridized carbons (Fsp3) is 0.737. The number of aliphatic hydroxyl groups excluding tert-OH is 1. The van der Waals surface area contributed by atoms with E-state index in [1.165, 1.54) is 11.8 Å². The van der Waals surface area contributed by atoms with Gasteiger partial charge in [-0.15, -0.1) is 0 Å². The van der Waals surface area contributed by atoms with E-state index in [-0.39, 0.29) is 12.8 Å². The topological polar surface area (TPSA) is 214 Å². The first-order valence-corrected chi connectivity index (χ1v) is 11.6. The number of hydrogen-bond donors (Lipinski definition) is 7. The van der Waals surface area contributed by atoms with Crippen LogP contribution in [-0.4, -0.2) is 82.6 Å². The first-order valence-electron chi connectivity index (χ1n) is 10.3. The maximum atomic E-state index is 12.7. The molecule has 0 fully saturated rings. The Balaban J connectivity index is 5.27. The van der Waals surface area contributed by atoms with Gasteiger partial charge in [0.25, 0.3) is 0 Å².